The zero-order valence-corrected chi connectivity index (χ0v) is 15.9. The van der Waals surface area contributed by atoms with Crippen LogP contribution >= 0.6 is 0 Å². The van der Waals surface area contributed by atoms with Crippen LogP contribution in [-0.4, -0.2) is 20.3 Å². The number of aromatic nitrogens is 3. The molecule has 1 aromatic carbocycles. The van der Waals surface area contributed by atoms with Crippen molar-refractivity contribution in [3.05, 3.63) is 89.0 Å². The van der Waals surface area contributed by atoms with E-state index in [1.54, 1.807) is 0 Å². The fourth-order valence-corrected chi connectivity index (χ4v) is 3.14. The van der Waals surface area contributed by atoms with Gasteiger partial charge in [-0.3, -0.25) is 4.79 Å². The lowest BCUT2D eigenvalue weighted by molar-refractivity contribution is 0.0940. The molecule has 0 aliphatic rings. The summed E-state index contributed by atoms with van der Waals surface area (Å²) in [7, 11) is 0. The number of fused-ring (bicyclic) bond motifs is 1. The third kappa shape index (κ3) is 3.71. The second kappa shape index (κ2) is 7.43. The Kier molecular flexibility index (Phi) is 4.80. The third-order valence-corrected chi connectivity index (χ3v) is 4.63. The van der Waals surface area contributed by atoms with Gasteiger partial charge in [-0.15, -0.1) is 0 Å². The number of rotatable bonds is 4. The van der Waals surface area contributed by atoms with E-state index < -0.39 is 23.2 Å². The average molecular weight is 392 g/mol. The van der Waals surface area contributed by atoms with Crippen molar-refractivity contribution >= 4 is 11.6 Å². The highest BCUT2D eigenvalue weighted by Gasteiger charge is 2.18. The predicted molar refractivity (Wildman–Crippen MR) is 105 cm³/mol. The molecule has 0 saturated carbocycles. The van der Waals surface area contributed by atoms with Gasteiger partial charge in [-0.1, -0.05) is 35.9 Å². The summed E-state index contributed by atoms with van der Waals surface area (Å²) in [6.07, 6.45) is 2.74. The van der Waals surface area contributed by atoms with Crippen molar-refractivity contribution in [3.8, 4) is 11.3 Å². The van der Waals surface area contributed by atoms with Crippen LogP contribution in [0, 0.1) is 25.5 Å². The largest absolute Gasteiger partial charge is 0.345 e. The van der Waals surface area contributed by atoms with Gasteiger partial charge in [0.25, 0.3) is 5.91 Å². The maximum Gasteiger partial charge on any atom is 0.273 e. The minimum Gasteiger partial charge on any atom is -0.345 e. The molecule has 1 amide bonds. The van der Waals surface area contributed by atoms with Gasteiger partial charge in [0, 0.05) is 17.8 Å². The van der Waals surface area contributed by atoms with Crippen LogP contribution in [0.1, 0.15) is 27.3 Å². The summed E-state index contributed by atoms with van der Waals surface area (Å²) in [5.41, 5.74) is 4.83. The topological polar surface area (TPSA) is 59.3 Å². The Hall–Kier alpha value is -3.61. The van der Waals surface area contributed by atoms with E-state index in [-0.39, 0.29) is 6.54 Å². The quantitative estimate of drug-likeness (QED) is 0.566. The molecule has 3 aromatic heterocycles. The van der Waals surface area contributed by atoms with Crippen molar-refractivity contribution in [2.45, 2.75) is 20.4 Å². The van der Waals surface area contributed by atoms with Crippen molar-refractivity contribution in [2.24, 2.45) is 0 Å². The second-order valence-electron chi connectivity index (χ2n) is 6.87. The molecular weight excluding hydrogens is 374 g/mol. The summed E-state index contributed by atoms with van der Waals surface area (Å²) < 4.78 is 28.8. The first-order valence-corrected chi connectivity index (χ1v) is 9.06. The molecule has 5 nitrogen and oxygen atoms in total. The van der Waals surface area contributed by atoms with Gasteiger partial charge in [-0.05, 0) is 25.5 Å². The molecule has 0 radical (unpaired) electrons. The molecular formula is C22H18F2N4O. The molecule has 0 aliphatic carbocycles. The number of nitrogens with one attached hydrogen (secondary N) is 1. The lowest BCUT2D eigenvalue weighted by Crippen LogP contribution is -2.26. The Morgan fingerprint density at radius 3 is 2.52 bits per heavy atom. The Balaban J connectivity index is 1.71. The van der Waals surface area contributed by atoms with Crippen LogP contribution in [0.15, 0.2) is 54.9 Å². The number of hydrogen-bond donors (Lipinski definition) is 1. The van der Waals surface area contributed by atoms with E-state index >= 15 is 0 Å². The molecule has 146 valence electrons. The molecule has 3 heterocycles. The molecule has 0 atom stereocenters. The number of pyridine rings is 2. The van der Waals surface area contributed by atoms with Gasteiger partial charge < -0.3 is 9.72 Å². The molecule has 29 heavy (non-hydrogen) atoms. The highest BCUT2D eigenvalue weighted by atomic mass is 19.1. The number of imidazole rings is 1. The third-order valence-electron chi connectivity index (χ3n) is 4.63. The molecule has 0 spiro atoms. The summed E-state index contributed by atoms with van der Waals surface area (Å²) in [6, 6.07) is 12.4. The first-order chi connectivity index (χ1) is 13.9. The molecule has 4 aromatic rings. The van der Waals surface area contributed by atoms with Gasteiger partial charge in [0.2, 0.25) is 0 Å². The average Bonchev–Trinajstić information content (AvgIpc) is 3.04. The summed E-state index contributed by atoms with van der Waals surface area (Å²) in [5, 5.41) is 2.67. The van der Waals surface area contributed by atoms with Crippen LogP contribution in [0.5, 0.6) is 0 Å². The summed E-state index contributed by atoms with van der Waals surface area (Å²) in [6.45, 7) is 4.07. The number of benzene rings is 1. The lowest BCUT2D eigenvalue weighted by atomic mass is 10.1. The van der Waals surface area contributed by atoms with E-state index in [2.05, 4.69) is 10.3 Å². The first-order valence-electron chi connectivity index (χ1n) is 9.06. The van der Waals surface area contributed by atoms with E-state index in [0.29, 0.717) is 6.07 Å². The fourth-order valence-electron chi connectivity index (χ4n) is 3.14. The number of amides is 1. The molecule has 0 aliphatic heterocycles. The minimum atomic E-state index is -1.00. The fraction of sp³-hybridized carbons (Fsp3) is 0.136. The molecule has 0 unspecified atom stereocenters. The van der Waals surface area contributed by atoms with Gasteiger partial charge >= 0.3 is 0 Å². The van der Waals surface area contributed by atoms with Gasteiger partial charge in [-0.25, -0.2) is 18.7 Å². The van der Waals surface area contributed by atoms with Crippen LogP contribution < -0.4 is 5.32 Å². The SMILES string of the molecule is Cc1ccc(-c2nc3ccc(C)cn3c2CNC(=O)c2ncc(F)cc2F)cc1. The molecule has 7 heteroatoms. The molecule has 1 N–H and O–H groups in total. The van der Waals surface area contributed by atoms with Crippen molar-refractivity contribution < 1.29 is 13.6 Å². The van der Waals surface area contributed by atoms with Crippen molar-refractivity contribution in [3.63, 3.8) is 0 Å². The number of carbonyl (C=O) groups excluding carboxylic acids is 1. The first kappa shape index (κ1) is 18.7. The predicted octanol–water partition coefficient (Wildman–Crippen LogP) is 4.22. The van der Waals surface area contributed by atoms with Gasteiger partial charge in [0.1, 0.15) is 11.5 Å². The summed E-state index contributed by atoms with van der Waals surface area (Å²) >= 11 is 0. The van der Waals surface area contributed by atoms with Gasteiger partial charge in [-0.2, -0.15) is 0 Å². The summed E-state index contributed by atoms with van der Waals surface area (Å²) in [5.74, 6) is -2.56. The second-order valence-corrected chi connectivity index (χ2v) is 6.87. The van der Waals surface area contributed by atoms with Crippen LogP contribution in [0.2, 0.25) is 0 Å². The Morgan fingerprint density at radius 2 is 1.79 bits per heavy atom. The number of carbonyl (C=O) groups is 1. The van der Waals surface area contributed by atoms with Crippen molar-refractivity contribution in [1.82, 2.24) is 19.7 Å². The highest BCUT2D eigenvalue weighted by Crippen LogP contribution is 2.25. The van der Waals surface area contributed by atoms with E-state index in [1.165, 1.54) is 0 Å². The Bertz CT molecular complexity index is 1220. The minimum absolute atomic E-state index is 0.102. The van der Waals surface area contributed by atoms with Gasteiger partial charge in [0.05, 0.1) is 24.1 Å². The number of aryl methyl sites for hydroxylation is 2. The number of halogens is 2. The smallest absolute Gasteiger partial charge is 0.273 e. The number of nitrogens with zero attached hydrogens (tertiary/aromatic N) is 3. The molecule has 4 rings (SSSR count). The maximum atomic E-state index is 13.9. The molecule has 0 bridgehead atoms. The van der Waals surface area contributed by atoms with Crippen molar-refractivity contribution in [2.75, 3.05) is 0 Å². The zero-order valence-electron chi connectivity index (χ0n) is 15.9. The van der Waals surface area contributed by atoms with E-state index in [0.717, 1.165) is 39.9 Å². The van der Waals surface area contributed by atoms with E-state index in [1.807, 2.05) is 60.8 Å². The van der Waals surface area contributed by atoms with Crippen LogP contribution in [0.3, 0.4) is 0 Å². The lowest BCUT2D eigenvalue weighted by Gasteiger charge is -2.09. The van der Waals surface area contributed by atoms with Crippen molar-refractivity contribution in [1.29, 1.82) is 0 Å². The summed E-state index contributed by atoms with van der Waals surface area (Å²) in [4.78, 5) is 20.7. The number of hydrogen-bond acceptors (Lipinski definition) is 3. The Morgan fingerprint density at radius 1 is 1.07 bits per heavy atom. The van der Waals surface area contributed by atoms with Crippen LogP contribution in [-0.2, 0) is 6.54 Å². The maximum absolute atomic E-state index is 13.9. The van der Waals surface area contributed by atoms with Crippen LogP contribution in [0.4, 0.5) is 8.78 Å². The molecule has 0 saturated heterocycles. The normalized spacial score (nSPS) is 11.0. The highest BCUT2D eigenvalue weighted by molar-refractivity contribution is 5.92. The Labute approximate surface area is 166 Å². The zero-order chi connectivity index (χ0) is 20.5. The van der Waals surface area contributed by atoms with E-state index in [9.17, 15) is 13.6 Å². The van der Waals surface area contributed by atoms with Crippen LogP contribution in [0.25, 0.3) is 16.9 Å². The standard InChI is InChI=1S/C22H18F2N4O/c1-13-3-6-15(7-4-13)20-18(28-12-14(2)5-8-19(28)27-20)11-26-22(29)21-17(24)9-16(23)10-25-21/h3-10,12H,11H2,1-2H3,(H,26,29). The monoisotopic (exact) mass is 392 g/mol. The van der Waals surface area contributed by atoms with E-state index in [4.69, 9.17) is 4.98 Å². The molecule has 0 fully saturated rings. The van der Waals surface area contributed by atoms with Gasteiger partial charge in [0.15, 0.2) is 11.5 Å².